The highest BCUT2D eigenvalue weighted by Crippen LogP contribution is 1.98. The van der Waals surface area contributed by atoms with Crippen LogP contribution >= 0.6 is 0 Å². The van der Waals surface area contributed by atoms with E-state index in [1.165, 1.54) is 0 Å². The maximum absolute atomic E-state index is 12.0. The molecule has 0 amide bonds. The van der Waals surface area contributed by atoms with Crippen LogP contribution in [-0.4, -0.2) is 53.5 Å². The number of benzene rings is 1. The molecule has 26 heavy (non-hydrogen) atoms. The first-order valence-electron chi connectivity index (χ1n) is 8.96. The van der Waals surface area contributed by atoms with Crippen molar-refractivity contribution in [3.05, 3.63) is 35.9 Å². The lowest BCUT2D eigenvalue weighted by Crippen LogP contribution is -2.41. The van der Waals surface area contributed by atoms with Crippen molar-refractivity contribution in [3.63, 3.8) is 0 Å². The smallest absolute Gasteiger partial charge is 0.213 e. The van der Waals surface area contributed by atoms with Gasteiger partial charge in [-0.25, -0.2) is 13.1 Å². The lowest BCUT2D eigenvalue weighted by atomic mass is 10.2. The van der Waals surface area contributed by atoms with Gasteiger partial charge in [0.25, 0.3) is 0 Å². The molecule has 0 atom stereocenters. The van der Waals surface area contributed by atoms with Gasteiger partial charge < -0.3 is 15.4 Å². The van der Waals surface area contributed by atoms with Crippen molar-refractivity contribution >= 4 is 16.0 Å². The lowest BCUT2D eigenvalue weighted by Gasteiger charge is -2.13. The van der Waals surface area contributed by atoms with Crippen LogP contribution < -0.4 is 15.4 Å². The third-order valence-electron chi connectivity index (χ3n) is 3.43. The van der Waals surface area contributed by atoms with Gasteiger partial charge in [0.2, 0.25) is 10.0 Å². The zero-order chi connectivity index (χ0) is 19.3. The number of hydrogen-bond donors (Lipinski definition) is 3. The number of ether oxygens (including phenoxy) is 1. The van der Waals surface area contributed by atoms with Crippen molar-refractivity contribution in [1.82, 2.24) is 15.4 Å². The van der Waals surface area contributed by atoms with Crippen LogP contribution in [0, 0.1) is 5.92 Å². The molecule has 0 radical (unpaired) electrons. The van der Waals surface area contributed by atoms with E-state index in [1.807, 2.05) is 30.3 Å². The van der Waals surface area contributed by atoms with E-state index < -0.39 is 10.0 Å². The van der Waals surface area contributed by atoms with Gasteiger partial charge >= 0.3 is 0 Å². The van der Waals surface area contributed by atoms with Gasteiger partial charge in [0.15, 0.2) is 5.96 Å². The van der Waals surface area contributed by atoms with Crippen LogP contribution in [0.3, 0.4) is 0 Å². The topological polar surface area (TPSA) is 91.8 Å². The van der Waals surface area contributed by atoms with E-state index in [0.717, 1.165) is 25.1 Å². The highest BCUT2D eigenvalue weighted by molar-refractivity contribution is 7.89. The fourth-order valence-electron chi connectivity index (χ4n) is 2.09. The molecular formula is C18H32N4O3S. The highest BCUT2D eigenvalue weighted by atomic mass is 32.2. The van der Waals surface area contributed by atoms with E-state index in [4.69, 9.17) is 4.74 Å². The number of sulfonamides is 1. The molecule has 0 unspecified atom stereocenters. The second-order valence-corrected chi connectivity index (χ2v) is 8.30. The summed E-state index contributed by atoms with van der Waals surface area (Å²) in [6.45, 7) is 7.00. The average Bonchev–Trinajstić information content (AvgIpc) is 2.62. The standard InChI is InChI=1S/C18H32N4O3S/c1-16(2)15-25-12-7-10-20-18(19-3)21-11-13-26(23,24)22-14-17-8-5-4-6-9-17/h4-6,8-9,16,22H,7,10-15H2,1-3H3,(H2,19,20,21). The number of guanidine groups is 1. The van der Waals surface area contributed by atoms with Gasteiger partial charge in [-0.05, 0) is 17.9 Å². The van der Waals surface area contributed by atoms with Gasteiger partial charge in [0, 0.05) is 39.9 Å². The van der Waals surface area contributed by atoms with Crippen LogP contribution in [-0.2, 0) is 21.3 Å². The summed E-state index contributed by atoms with van der Waals surface area (Å²) in [5.74, 6) is 1.11. The quantitative estimate of drug-likeness (QED) is 0.287. The second-order valence-electron chi connectivity index (χ2n) is 6.37. The fourth-order valence-corrected chi connectivity index (χ4v) is 2.99. The summed E-state index contributed by atoms with van der Waals surface area (Å²) >= 11 is 0. The molecule has 0 aliphatic rings. The van der Waals surface area contributed by atoms with Crippen LogP contribution in [0.4, 0.5) is 0 Å². The Hall–Kier alpha value is -1.64. The van der Waals surface area contributed by atoms with Crippen molar-refractivity contribution in [2.45, 2.75) is 26.8 Å². The van der Waals surface area contributed by atoms with Crippen molar-refractivity contribution in [1.29, 1.82) is 0 Å². The first-order valence-corrected chi connectivity index (χ1v) is 10.6. The Morgan fingerprint density at radius 1 is 1.15 bits per heavy atom. The Labute approximate surface area is 157 Å². The Kier molecular flexibility index (Phi) is 10.9. The zero-order valence-electron chi connectivity index (χ0n) is 16.0. The van der Waals surface area contributed by atoms with E-state index in [1.54, 1.807) is 7.05 Å². The first-order chi connectivity index (χ1) is 12.4. The summed E-state index contributed by atoms with van der Waals surface area (Å²) in [7, 11) is -1.68. The van der Waals surface area contributed by atoms with Gasteiger partial charge in [-0.2, -0.15) is 0 Å². The number of rotatable bonds is 12. The Balaban J connectivity index is 2.18. The Morgan fingerprint density at radius 3 is 2.50 bits per heavy atom. The Morgan fingerprint density at radius 2 is 1.85 bits per heavy atom. The van der Waals surface area contributed by atoms with E-state index in [-0.39, 0.29) is 12.3 Å². The van der Waals surface area contributed by atoms with Crippen molar-refractivity contribution in [2.75, 3.05) is 39.1 Å². The summed E-state index contributed by atoms with van der Waals surface area (Å²) in [6, 6.07) is 9.44. The third-order valence-corrected chi connectivity index (χ3v) is 4.76. The van der Waals surface area contributed by atoms with Gasteiger partial charge in [0.1, 0.15) is 0 Å². The average molecular weight is 385 g/mol. The molecule has 0 saturated heterocycles. The van der Waals surface area contributed by atoms with Crippen LogP contribution in [0.1, 0.15) is 25.8 Å². The van der Waals surface area contributed by atoms with Gasteiger partial charge in [-0.1, -0.05) is 44.2 Å². The molecule has 0 aromatic heterocycles. The van der Waals surface area contributed by atoms with Crippen LogP contribution in [0.15, 0.2) is 35.3 Å². The van der Waals surface area contributed by atoms with Crippen LogP contribution in [0.2, 0.25) is 0 Å². The van der Waals surface area contributed by atoms with Crippen LogP contribution in [0.5, 0.6) is 0 Å². The largest absolute Gasteiger partial charge is 0.381 e. The molecule has 7 nitrogen and oxygen atoms in total. The van der Waals surface area contributed by atoms with Crippen molar-refractivity contribution in [3.8, 4) is 0 Å². The van der Waals surface area contributed by atoms with E-state index in [2.05, 4.69) is 34.2 Å². The highest BCUT2D eigenvalue weighted by Gasteiger charge is 2.10. The van der Waals surface area contributed by atoms with E-state index in [9.17, 15) is 8.42 Å². The molecule has 3 N–H and O–H groups in total. The second kappa shape index (κ2) is 12.7. The van der Waals surface area contributed by atoms with Crippen molar-refractivity contribution < 1.29 is 13.2 Å². The van der Waals surface area contributed by atoms with E-state index >= 15 is 0 Å². The Bertz CT molecular complexity index is 619. The number of aliphatic imine (C=N–C) groups is 1. The minimum atomic E-state index is -3.34. The maximum atomic E-state index is 12.0. The summed E-state index contributed by atoms with van der Waals surface area (Å²) in [4.78, 5) is 4.09. The lowest BCUT2D eigenvalue weighted by molar-refractivity contribution is 0.108. The molecule has 148 valence electrons. The van der Waals surface area contributed by atoms with Crippen LogP contribution in [0.25, 0.3) is 0 Å². The number of nitrogens with one attached hydrogen (secondary N) is 3. The predicted octanol–water partition coefficient (Wildman–Crippen LogP) is 1.33. The third kappa shape index (κ3) is 11.1. The molecule has 0 bridgehead atoms. The van der Waals surface area contributed by atoms with Gasteiger partial charge in [-0.3, -0.25) is 4.99 Å². The minimum Gasteiger partial charge on any atom is -0.381 e. The van der Waals surface area contributed by atoms with Gasteiger partial charge in [0.05, 0.1) is 5.75 Å². The molecule has 0 spiro atoms. The number of nitrogens with zero attached hydrogens (tertiary/aromatic N) is 1. The summed E-state index contributed by atoms with van der Waals surface area (Å²) in [5.41, 5.74) is 0.932. The summed E-state index contributed by atoms with van der Waals surface area (Å²) in [5, 5.41) is 6.16. The zero-order valence-corrected chi connectivity index (χ0v) is 16.8. The first kappa shape index (κ1) is 22.4. The summed E-state index contributed by atoms with van der Waals surface area (Å²) in [6.07, 6.45) is 0.865. The molecule has 0 aliphatic heterocycles. The molecule has 1 rings (SSSR count). The predicted molar refractivity (Wildman–Crippen MR) is 107 cm³/mol. The van der Waals surface area contributed by atoms with Crippen molar-refractivity contribution in [2.24, 2.45) is 10.9 Å². The van der Waals surface area contributed by atoms with E-state index in [0.29, 0.717) is 25.0 Å². The van der Waals surface area contributed by atoms with Gasteiger partial charge in [-0.15, -0.1) is 0 Å². The minimum absolute atomic E-state index is 0.0158. The molecule has 8 heteroatoms. The summed E-state index contributed by atoms with van der Waals surface area (Å²) < 4.78 is 32.2. The molecule has 0 fully saturated rings. The normalized spacial score (nSPS) is 12.4. The molecule has 1 aromatic carbocycles. The SMILES string of the molecule is CN=C(NCCCOCC(C)C)NCCS(=O)(=O)NCc1ccccc1. The number of hydrogen-bond acceptors (Lipinski definition) is 4. The molecule has 1 aromatic rings. The molecule has 0 saturated carbocycles. The maximum Gasteiger partial charge on any atom is 0.213 e. The molecule has 0 heterocycles. The molecular weight excluding hydrogens is 352 g/mol. The fraction of sp³-hybridized carbons (Fsp3) is 0.611. The molecule has 0 aliphatic carbocycles. The monoisotopic (exact) mass is 384 g/mol.